The van der Waals surface area contributed by atoms with Crippen LogP contribution in [-0.2, 0) is 19.4 Å². The van der Waals surface area contributed by atoms with Crippen molar-refractivity contribution in [2.45, 2.75) is 38.2 Å². The minimum absolute atomic E-state index is 0.184. The molecule has 4 aromatic rings. The highest BCUT2D eigenvalue weighted by molar-refractivity contribution is 5.33. The van der Waals surface area contributed by atoms with E-state index in [1.807, 2.05) is 42.5 Å². The van der Waals surface area contributed by atoms with Crippen molar-refractivity contribution < 1.29 is 13.9 Å². The topological polar surface area (TPSA) is 18.5 Å². The number of aryl methyl sites for hydroxylation is 1. The van der Waals surface area contributed by atoms with Crippen molar-refractivity contribution in [2.24, 2.45) is 0 Å². The predicted molar refractivity (Wildman–Crippen MR) is 136 cm³/mol. The third kappa shape index (κ3) is 6.95. The van der Waals surface area contributed by atoms with Crippen LogP contribution in [0.1, 0.15) is 41.0 Å². The fraction of sp³-hybridized carbons (Fsp3) is 0.226. The summed E-state index contributed by atoms with van der Waals surface area (Å²) in [4.78, 5) is 0. The van der Waals surface area contributed by atoms with Crippen LogP contribution in [0, 0.1) is 5.82 Å². The van der Waals surface area contributed by atoms with E-state index in [9.17, 15) is 4.39 Å². The Kier molecular flexibility index (Phi) is 8.34. The Hall–Kier alpha value is -3.59. The third-order valence-electron chi connectivity index (χ3n) is 6.17. The molecule has 0 bridgehead atoms. The van der Waals surface area contributed by atoms with E-state index in [4.69, 9.17) is 9.47 Å². The lowest BCUT2D eigenvalue weighted by atomic mass is 9.87. The van der Waals surface area contributed by atoms with E-state index in [-0.39, 0.29) is 5.82 Å². The Morgan fingerprint density at radius 2 is 1.32 bits per heavy atom. The van der Waals surface area contributed by atoms with Crippen LogP contribution in [0.5, 0.6) is 11.5 Å². The van der Waals surface area contributed by atoms with Gasteiger partial charge in [0, 0.05) is 0 Å². The maximum absolute atomic E-state index is 13.2. The molecule has 0 amide bonds. The van der Waals surface area contributed by atoms with Crippen LogP contribution in [0.3, 0.4) is 0 Å². The second kappa shape index (κ2) is 12.0. The van der Waals surface area contributed by atoms with Crippen LogP contribution in [0.2, 0.25) is 0 Å². The summed E-state index contributed by atoms with van der Waals surface area (Å²) in [6.07, 6.45) is 3.99. The smallest absolute Gasteiger partial charge is 0.123 e. The zero-order valence-electron chi connectivity index (χ0n) is 19.6. The van der Waals surface area contributed by atoms with Crippen LogP contribution in [-0.4, -0.2) is 7.11 Å². The molecule has 1 atom stereocenters. The first-order chi connectivity index (χ1) is 16.7. The van der Waals surface area contributed by atoms with Crippen LogP contribution in [0.25, 0.3) is 0 Å². The summed E-state index contributed by atoms with van der Waals surface area (Å²) in [5.74, 6) is 1.96. The molecule has 2 nitrogen and oxygen atoms in total. The first-order valence-electron chi connectivity index (χ1n) is 11.8. The Morgan fingerprint density at radius 3 is 2.00 bits per heavy atom. The van der Waals surface area contributed by atoms with E-state index in [1.54, 1.807) is 7.11 Å². The molecule has 0 aliphatic carbocycles. The molecule has 0 fully saturated rings. The lowest BCUT2D eigenvalue weighted by Gasteiger charge is -2.19. The molecule has 3 heteroatoms. The fourth-order valence-electron chi connectivity index (χ4n) is 4.21. The standard InChI is InChI=1S/C31H31FO2/c1-33-30-20-14-27(15-21-30)28(9-5-8-24-10-16-29(32)17-11-24)22-25-12-18-31(19-13-25)34-23-26-6-3-2-4-7-26/h2-4,6-7,10-21,28H,5,8-9,22-23H2,1H3. The van der Waals surface area contributed by atoms with Gasteiger partial charge >= 0.3 is 0 Å². The molecule has 0 radical (unpaired) electrons. The highest BCUT2D eigenvalue weighted by Gasteiger charge is 2.13. The van der Waals surface area contributed by atoms with E-state index >= 15 is 0 Å². The minimum atomic E-state index is -0.184. The van der Waals surface area contributed by atoms with Crippen LogP contribution >= 0.6 is 0 Å². The van der Waals surface area contributed by atoms with Crippen molar-refractivity contribution >= 4 is 0 Å². The SMILES string of the molecule is COc1ccc(C(CCCc2ccc(F)cc2)Cc2ccc(OCc3ccccc3)cc2)cc1. The second-order valence-electron chi connectivity index (χ2n) is 8.61. The van der Waals surface area contributed by atoms with Crippen LogP contribution in [0.15, 0.2) is 103 Å². The second-order valence-corrected chi connectivity index (χ2v) is 8.61. The summed E-state index contributed by atoms with van der Waals surface area (Å²) < 4.78 is 24.5. The van der Waals surface area contributed by atoms with Gasteiger partial charge < -0.3 is 9.47 Å². The predicted octanol–water partition coefficient (Wildman–Crippen LogP) is 7.76. The summed E-state index contributed by atoms with van der Waals surface area (Å²) in [5, 5.41) is 0. The molecule has 34 heavy (non-hydrogen) atoms. The van der Waals surface area contributed by atoms with Gasteiger partial charge in [0.05, 0.1) is 7.11 Å². The molecule has 0 aliphatic rings. The third-order valence-corrected chi connectivity index (χ3v) is 6.17. The molecule has 0 saturated carbocycles. The molecular weight excluding hydrogens is 423 g/mol. The van der Waals surface area contributed by atoms with Crippen LogP contribution in [0.4, 0.5) is 4.39 Å². The molecule has 4 aromatic carbocycles. The van der Waals surface area contributed by atoms with E-state index in [0.29, 0.717) is 12.5 Å². The van der Waals surface area contributed by atoms with Gasteiger partial charge in [0.25, 0.3) is 0 Å². The highest BCUT2D eigenvalue weighted by Crippen LogP contribution is 2.29. The Morgan fingerprint density at radius 1 is 0.676 bits per heavy atom. The molecule has 0 saturated heterocycles. The molecule has 174 valence electrons. The Balaban J connectivity index is 1.39. The normalized spacial score (nSPS) is 11.7. The summed E-state index contributed by atoms with van der Waals surface area (Å²) in [5.41, 5.74) is 4.93. The molecule has 0 aliphatic heterocycles. The van der Waals surface area contributed by atoms with Gasteiger partial charge in [-0.3, -0.25) is 0 Å². The largest absolute Gasteiger partial charge is 0.497 e. The maximum atomic E-state index is 13.2. The first kappa shape index (κ1) is 23.6. The van der Waals surface area contributed by atoms with Crippen molar-refractivity contribution in [1.29, 1.82) is 0 Å². The van der Waals surface area contributed by atoms with E-state index in [0.717, 1.165) is 42.7 Å². The van der Waals surface area contributed by atoms with Gasteiger partial charge in [-0.15, -0.1) is 0 Å². The monoisotopic (exact) mass is 454 g/mol. The lowest BCUT2D eigenvalue weighted by Crippen LogP contribution is -2.05. The Labute approximate surface area is 202 Å². The molecular formula is C31H31FO2. The van der Waals surface area contributed by atoms with Crippen molar-refractivity contribution in [2.75, 3.05) is 7.11 Å². The average molecular weight is 455 g/mol. The zero-order chi connectivity index (χ0) is 23.6. The van der Waals surface area contributed by atoms with E-state index in [2.05, 4.69) is 48.5 Å². The average Bonchev–Trinajstić information content (AvgIpc) is 2.89. The maximum Gasteiger partial charge on any atom is 0.123 e. The molecule has 0 N–H and O–H groups in total. The molecule has 0 spiro atoms. The van der Waals surface area contributed by atoms with Gasteiger partial charge in [0.15, 0.2) is 0 Å². The summed E-state index contributed by atoms with van der Waals surface area (Å²) in [6, 6.07) is 33.9. The lowest BCUT2D eigenvalue weighted by molar-refractivity contribution is 0.306. The number of halogens is 1. The molecule has 0 heterocycles. The van der Waals surface area contributed by atoms with Crippen molar-refractivity contribution in [3.05, 3.63) is 131 Å². The minimum Gasteiger partial charge on any atom is -0.497 e. The number of methoxy groups -OCH3 is 1. The molecule has 4 rings (SSSR count). The van der Waals surface area contributed by atoms with Gasteiger partial charge in [0.1, 0.15) is 23.9 Å². The first-order valence-corrected chi connectivity index (χ1v) is 11.8. The molecule has 0 aromatic heterocycles. The van der Waals surface area contributed by atoms with Gasteiger partial charge in [0.2, 0.25) is 0 Å². The fourth-order valence-corrected chi connectivity index (χ4v) is 4.21. The van der Waals surface area contributed by atoms with Gasteiger partial charge in [-0.2, -0.15) is 0 Å². The number of ether oxygens (including phenoxy) is 2. The van der Waals surface area contributed by atoms with Crippen LogP contribution < -0.4 is 9.47 Å². The summed E-state index contributed by atoms with van der Waals surface area (Å²) in [7, 11) is 1.69. The number of hydrogen-bond donors (Lipinski definition) is 0. The number of benzene rings is 4. The summed E-state index contributed by atoms with van der Waals surface area (Å²) in [6.45, 7) is 0.568. The Bertz CT molecular complexity index is 1120. The highest BCUT2D eigenvalue weighted by atomic mass is 19.1. The molecule has 1 unspecified atom stereocenters. The van der Waals surface area contributed by atoms with E-state index in [1.165, 1.54) is 28.8 Å². The van der Waals surface area contributed by atoms with Crippen molar-refractivity contribution in [3.8, 4) is 11.5 Å². The number of rotatable bonds is 11. The quantitative estimate of drug-likeness (QED) is 0.230. The van der Waals surface area contributed by atoms with Gasteiger partial charge in [-0.1, -0.05) is 66.7 Å². The summed E-state index contributed by atoms with van der Waals surface area (Å²) >= 11 is 0. The van der Waals surface area contributed by atoms with E-state index < -0.39 is 0 Å². The van der Waals surface area contributed by atoms with Gasteiger partial charge in [-0.25, -0.2) is 4.39 Å². The van der Waals surface area contributed by atoms with Gasteiger partial charge in [-0.05, 0) is 90.3 Å². The zero-order valence-corrected chi connectivity index (χ0v) is 19.6. The van der Waals surface area contributed by atoms with Crippen molar-refractivity contribution in [1.82, 2.24) is 0 Å². The number of hydrogen-bond acceptors (Lipinski definition) is 2. The van der Waals surface area contributed by atoms with Crippen molar-refractivity contribution in [3.63, 3.8) is 0 Å².